The molecule has 15 nitrogen and oxygen atoms in total. The lowest BCUT2D eigenvalue weighted by Gasteiger charge is -2.39. The Morgan fingerprint density at radius 1 is 0.922 bits per heavy atom. The molecule has 6 aliphatic rings. The molecule has 3 aromatic rings. The van der Waals surface area contributed by atoms with Gasteiger partial charge in [0.1, 0.15) is 11.9 Å². The molecule has 7 heterocycles. The number of nitrogens with zero attached hydrogens (tertiary/aromatic N) is 7. The minimum Gasteiger partial charge on any atom is -0.385 e. The first kappa shape index (κ1) is 43.3. The molecule has 0 saturated carbocycles. The van der Waals surface area contributed by atoms with Gasteiger partial charge in [-0.1, -0.05) is 6.07 Å². The second-order valence-electron chi connectivity index (χ2n) is 18.1. The number of likely N-dealkylation sites (tertiary alicyclic amines) is 1. The summed E-state index contributed by atoms with van der Waals surface area (Å²) in [7, 11) is 1.76. The summed E-state index contributed by atoms with van der Waals surface area (Å²) in [6.07, 6.45) is 7.74. The van der Waals surface area contributed by atoms with E-state index >= 15 is 0 Å². The average molecular weight is 879 g/mol. The van der Waals surface area contributed by atoms with Gasteiger partial charge in [0.05, 0.1) is 29.6 Å². The van der Waals surface area contributed by atoms with Crippen LogP contribution in [0.2, 0.25) is 0 Å². The summed E-state index contributed by atoms with van der Waals surface area (Å²) in [4.78, 5) is 73.4. The molecule has 3 saturated heterocycles. The third-order valence-electron chi connectivity index (χ3n) is 14.2. The molecule has 0 aliphatic carbocycles. The SMILES string of the molecule is CC(=O)N1CCC(NC2CCN(CCC3CCN(c4cccc5c4C(=O)N(C4CCC(=O)NC4=O)C5=O)CC3)CC2)=C(C(=N)N2CCCc3cc(-c4cnn(C)c4)c(C(F)F)cc32)C1. The van der Waals surface area contributed by atoms with Gasteiger partial charge in [0.2, 0.25) is 17.7 Å². The highest BCUT2D eigenvalue weighted by atomic mass is 19.3. The summed E-state index contributed by atoms with van der Waals surface area (Å²) < 4.78 is 30.8. The maximum atomic E-state index is 14.6. The maximum Gasteiger partial charge on any atom is 0.264 e. The number of amidine groups is 1. The van der Waals surface area contributed by atoms with Crippen molar-refractivity contribution in [2.75, 3.05) is 62.2 Å². The van der Waals surface area contributed by atoms with Crippen LogP contribution in [0.4, 0.5) is 20.2 Å². The molecule has 1 atom stereocenters. The first-order valence-corrected chi connectivity index (χ1v) is 22.7. The number of anilines is 2. The zero-order chi connectivity index (χ0) is 44.8. The lowest BCUT2D eigenvalue weighted by molar-refractivity contribution is -0.136. The quantitative estimate of drug-likeness (QED) is 0.143. The van der Waals surface area contributed by atoms with Crippen molar-refractivity contribution in [2.45, 2.75) is 89.6 Å². The van der Waals surface area contributed by atoms with Crippen LogP contribution in [0.3, 0.4) is 0 Å². The number of benzene rings is 2. The third-order valence-corrected chi connectivity index (χ3v) is 14.2. The number of aryl methyl sites for hydroxylation is 2. The Bertz CT molecular complexity index is 2420. The van der Waals surface area contributed by atoms with Gasteiger partial charge in [0.25, 0.3) is 18.2 Å². The van der Waals surface area contributed by atoms with E-state index in [-0.39, 0.29) is 42.7 Å². The second-order valence-corrected chi connectivity index (χ2v) is 18.1. The number of hydrogen-bond acceptors (Lipinski definition) is 10. The minimum absolute atomic E-state index is 0.0583. The van der Waals surface area contributed by atoms with Gasteiger partial charge >= 0.3 is 0 Å². The maximum absolute atomic E-state index is 14.6. The van der Waals surface area contributed by atoms with E-state index < -0.39 is 36.1 Å². The van der Waals surface area contributed by atoms with Crippen LogP contribution in [-0.2, 0) is 27.9 Å². The van der Waals surface area contributed by atoms with Gasteiger partial charge in [-0.15, -0.1) is 0 Å². The Morgan fingerprint density at radius 2 is 1.70 bits per heavy atom. The van der Waals surface area contributed by atoms with Crippen molar-refractivity contribution in [3.8, 4) is 11.1 Å². The van der Waals surface area contributed by atoms with Gasteiger partial charge in [0, 0.05) is 106 Å². The van der Waals surface area contributed by atoms with Crippen LogP contribution in [-0.4, -0.2) is 124 Å². The van der Waals surface area contributed by atoms with Gasteiger partial charge in [-0.2, -0.15) is 5.10 Å². The number of nitrogens with one attached hydrogen (secondary N) is 3. The second kappa shape index (κ2) is 17.9. The molecule has 0 radical (unpaired) electrons. The van der Waals surface area contributed by atoms with Crippen LogP contribution in [0.15, 0.2) is 54.0 Å². The molecule has 0 spiro atoms. The van der Waals surface area contributed by atoms with E-state index in [9.17, 15) is 38.2 Å². The van der Waals surface area contributed by atoms with Gasteiger partial charge in [-0.3, -0.25) is 44.3 Å². The lowest BCUT2D eigenvalue weighted by atomic mass is 9.91. The van der Waals surface area contributed by atoms with Crippen LogP contribution in [0.1, 0.15) is 103 Å². The minimum atomic E-state index is -2.71. The van der Waals surface area contributed by atoms with Crippen molar-refractivity contribution in [1.82, 2.24) is 35.1 Å². The topological polar surface area (TPSA) is 167 Å². The normalized spacial score (nSPS) is 21.5. The Hall–Kier alpha value is -5.97. The van der Waals surface area contributed by atoms with Crippen molar-refractivity contribution in [3.05, 3.63) is 76.2 Å². The van der Waals surface area contributed by atoms with Crippen LogP contribution in [0.25, 0.3) is 11.1 Å². The van der Waals surface area contributed by atoms with Gasteiger partial charge in [-0.25, -0.2) is 8.78 Å². The number of piperidine rings is 3. The molecule has 1 unspecified atom stereocenters. The summed E-state index contributed by atoms with van der Waals surface area (Å²) in [5, 5.41) is 19.8. The van der Waals surface area contributed by atoms with Gasteiger partial charge < -0.3 is 24.9 Å². The van der Waals surface area contributed by atoms with E-state index in [2.05, 4.69) is 25.5 Å². The van der Waals surface area contributed by atoms with Crippen molar-refractivity contribution in [3.63, 3.8) is 0 Å². The number of alkyl halides is 2. The number of halogens is 2. The van der Waals surface area contributed by atoms with Crippen molar-refractivity contribution >= 4 is 46.7 Å². The van der Waals surface area contributed by atoms with E-state index in [1.54, 1.807) is 54.1 Å². The number of hydrogen-bond donors (Lipinski definition) is 3. The third kappa shape index (κ3) is 8.41. The molecule has 9 rings (SSSR count). The lowest BCUT2D eigenvalue weighted by Crippen LogP contribution is -2.54. The Labute approximate surface area is 371 Å². The average Bonchev–Trinajstić information content (AvgIpc) is 3.84. The van der Waals surface area contributed by atoms with E-state index in [1.165, 1.54) is 0 Å². The zero-order valence-electron chi connectivity index (χ0n) is 36.5. The fourth-order valence-electron chi connectivity index (χ4n) is 10.6. The first-order valence-electron chi connectivity index (χ1n) is 22.7. The predicted molar refractivity (Wildman–Crippen MR) is 236 cm³/mol. The summed E-state index contributed by atoms with van der Waals surface area (Å²) in [6, 6.07) is 7.90. The number of aromatic nitrogens is 2. The number of fused-ring (bicyclic) bond motifs is 2. The van der Waals surface area contributed by atoms with Crippen molar-refractivity contribution < 1.29 is 32.8 Å². The molecule has 6 aliphatic heterocycles. The Morgan fingerprint density at radius 3 is 2.41 bits per heavy atom. The molecule has 338 valence electrons. The van der Waals surface area contributed by atoms with Gasteiger partial charge in [0.15, 0.2) is 0 Å². The monoisotopic (exact) mass is 878 g/mol. The summed E-state index contributed by atoms with van der Waals surface area (Å²) in [5.74, 6) is -1.28. The number of amides is 5. The van der Waals surface area contributed by atoms with Crippen molar-refractivity contribution in [1.29, 1.82) is 5.41 Å². The number of rotatable bonds is 10. The summed E-state index contributed by atoms with van der Waals surface area (Å²) >= 11 is 0. The molecule has 0 bridgehead atoms. The largest absolute Gasteiger partial charge is 0.385 e. The molecule has 2 aromatic carbocycles. The van der Waals surface area contributed by atoms with E-state index in [0.29, 0.717) is 59.8 Å². The predicted octanol–water partition coefficient (Wildman–Crippen LogP) is 5.02. The molecule has 17 heteroatoms. The van der Waals surface area contributed by atoms with Crippen LogP contribution in [0.5, 0.6) is 0 Å². The Balaban J connectivity index is 0.806. The van der Waals surface area contributed by atoms with E-state index in [1.807, 2.05) is 17.0 Å². The molecule has 1 aromatic heterocycles. The van der Waals surface area contributed by atoms with Crippen LogP contribution >= 0.6 is 0 Å². The van der Waals surface area contributed by atoms with E-state index in [4.69, 9.17) is 0 Å². The van der Waals surface area contributed by atoms with E-state index in [0.717, 1.165) is 98.7 Å². The summed E-state index contributed by atoms with van der Waals surface area (Å²) in [6.45, 7) is 7.26. The fraction of sp³-hybridized carbons (Fsp3) is 0.511. The smallest absolute Gasteiger partial charge is 0.264 e. The molecule has 5 amide bonds. The zero-order valence-corrected chi connectivity index (χ0v) is 36.5. The standard InChI is InChI=1S/C47H56F2N10O5/c1-28(60)57-22-15-37(36(27-57)44(50)58-16-4-5-30-23-34(31-25-51-54(2)26-31)35(43(48)49)24-40(30)58)52-32-13-18-55(19-14-32)17-10-29-11-20-56(21-12-29)38-7-3-6-33-42(38)47(64)59(46(33)63)39-8-9-41(61)53-45(39)62/h3,6-7,23-26,29,32,39,43,50,52H,4-5,8-22,27H2,1-2H3,(H,53,61,62). The molecular formula is C47H56F2N10O5. The van der Waals surface area contributed by atoms with Crippen molar-refractivity contribution in [2.24, 2.45) is 13.0 Å². The molecule has 3 N–H and O–H groups in total. The molecule has 64 heavy (non-hydrogen) atoms. The van der Waals surface area contributed by atoms with Crippen LogP contribution < -0.4 is 20.4 Å². The molecular weight excluding hydrogens is 823 g/mol. The number of carbonyl (C=O) groups is 5. The number of carbonyl (C=O) groups excluding carboxylic acids is 5. The van der Waals surface area contributed by atoms with Crippen LogP contribution in [0, 0.1) is 11.3 Å². The van der Waals surface area contributed by atoms with Gasteiger partial charge in [-0.05, 0) is 99.2 Å². The Kier molecular flexibility index (Phi) is 12.1. The highest BCUT2D eigenvalue weighted by molar-refractivity contribution is 6.25. The fourth-order valence-corrected chi connectivity index (χ4v) is 10.6. The molecule has 3 fully saturated rings. The summed E-state index contributed by atoms with van der Waals surface area (Å²) in [5.41, 5.74) is 5.60. The highest BCUT2D eigenvalue weighted by Crippen LogP contribution is 2.40. The first-order chi connectivity index (χ1) is 30.8. The number of imide groups is 2. The highest BCUT2D eigenvalue weighted by Gasteiger charge is 2.46.